The van der Waals surface area contributed by atoms with Crippen molar-refractivity contribution in [3.8, 4) is 0 Å². The number of fused-ring (bicyclic) bond motifs is 1. The fourth-order valence-corrected chi connectivity index (χ4v) is 2.04. The summed E-state index contributed by atoms with van der Waals surface area (Å²) in [7, 11) is 0. The van der Waals surface area contributed by atoms with Gasteiger partial charge in [-0.15, -0.1) is 11.8 Å². The maximum Gasteiger partial charge on any atom is 0.0965 e. The molecule has 0 atom stereocenters. The van der Waals surface area contributed by atoms with Crippen LogP contribution in [0.4, 0.5) is 0 Å². The first kappa shape index (κ1) is 9.59. The molecule has 0 bridgehead atoms. The maximum absolute atomic E-state index is 4.39. The second-order valence-electron chi connectivity index (χ2n) is 3.56. The van der Waals surface area contributed by atoms with Crippen LogP contribution in [0.25, 0.3) is 11.0 Å². The minimum absolute atomic E-state index is 0.971. The lowest BCUT2D eigenvalue weighted by Crippen LogP contribution is -1.91. The third kappa shape index (κ3) is 1.52. The zero-order valence-corrected chi connectivity index (χ0v) is 9.56. The SMILES string of the molecule is CSCn1cnc2cc(C)c(C)cc21. The van der Waals surface area contributed by atoms with Crippen LogP contribution >= 0.6 is 11.8 Å². The number of nitrogens with zero attached hydrogens (tertiary/aromatic N) is 2. The van der Waals surface area contributed by atoms with Crippen LogP contribution in [0, 0.1) is 13.8 Å². The average molecular weight is 206 g/mol. The summed E-state index contributed by atoms with van der Waals surface area (Å²) in [6.45, 7) is 4.27. The van der Waals surface area contributed by atoms with Crippen LogP contribution in [0.2, 0.25) is 0 Å². The van der Waals surface area contributed by atoms with Crippen LogP contribution in [-0.4, -0.2) is 15.8 Å². The maximum atomic E-state index is 4.39. The molecular formula is C11H14N2S. The van der Waals surface area contributed by atoms with Gasteiger partial charge in [-0.2, -0.15) is 0 Å². The van der Waals surface area contributed by atoms with E-state index in [0.29, 0.717) is 0 Å². The number of aromatic nitrogens is 2. The summed E-state index contributed by atoms with van der Waals surface area (Å²) in [6, 6.07) is 4.37. The highest BCUT2D eigenvalue weighted by atomic mass is 32.2. The number of thioether (sulfide) groups is 1. The van der Waals surface area contributed by atoms with Gasteiger partial charge in [0.05, 0.1) is 23.2 Å². The van der Waals surface area contributed by atoms with Crippen molar-refractivity contribution in [2.45, 2.75) is 19.7 Å². The molecule has 0 unspecified atom stereocenters. The van der Waals surface area contributed by atoms with Crippen LogP contribution < -0.4 is 0 Å². The molecule has 0 aliphatic carbocycles. The molecule has 0 spiro atoms. The second-order valence-corrected chi connectivity index (χ2v) is 4.39. The molecule has 0 saturated carbocycles. The summed E-state index contributed by atoms with van der Waals surface area (Å²) in [5.41, 5.74) is 4.98. The summed E-state index contributed by atoms with van der Waals surface area (Å²) in [4.78, 5) is 4.39. The highest BCUT2D eigenvalue weighted by Crippen LogP contribution is 2.19. The van der Waals surface area contributed by atoms with E-state index >= 15 is 0 Å². The lowest BCUT2D eigenvalue weighted by molar-refractivity contribution is 0.924. The Labute approximate surface area is 88.3 Å². The number of hydrogen-bond donors (Lipinski definition) is 0. The third-order valence-corrected chi connectivity index (χ3v) is 3.04. The molecule has 1 aromatic carbocycles. The van der Waals surface area contributed by atoms with Crippen LogP contribution in [0.1, 0.15) is 11.1 Å². The molecule has 2 nitrogen and oxygen atoms in total. The van der Waals surface area contributed by atoms with Gasteiger partial charge in [-0.1, -0.05) is 0 Å². The molecule has 2 rings (SSSR count). The first-order valence-electron chi connectivity index (χ1n) is 4.63. The van der Waals surface area contributed by atoms with E-state index in [9.17, 15) is 0 Å². The lowest BCUT2D eigenvalue weighted by atomic mass is 10.1. The van der Waals surface area contributed by atoms with Crippen molar-refractivity contribution in [3.63, 3.8) is 0 Å². The smallest absolute Gasteiger partial charge is 0.0965 e. The van der Waals surface area contributed by atoms with Crippen molar-refractivity contribution in [2.24, 2.45) is 0 Å². The molecule has 1 heterocycles. The van der Waals surface area contributed by atoms with Crippen molar-refractivity contribution in [1.82, 2.24) is 9.55 Å². The summed E-state index contributed by atoms with van der Waals surface area (Å²) >= 11 is 1.81. The van der Waals surface area contributed by atoms with Gasteiger partial charge < -0.3 is 4.57 Å². The fraction of sp³-hybridized carbons (Fsp3) is 0.364. The molecule has 1 aromatic heterocycles. The molecule has 3 heteroatoms. The van der Waals surface area contributed by atoms with E-state index in [2.05, 4.69) is 41.8 Å². The molecule has 0 saturated heterocycles. The number of rotatable bonds is 2. The molecule has 2 aromatic rings. The van der Waals surface area contributed by atoms with Crippen molar-refractivity contribution >= 4 is 22.8 Å². The Morgan fingerprint density at radius 1 is 1.29 bits per heavy atom. The van der Waals surface area contributed by atoms with Gasteiger partial charge in [0.15, 0.2) is 0 Å². The van der Waals surface area contributed by atoms with E-state index in [1.165, 1.54) is 16.6 Å². The number of aryl methyl sites for hydroxylation is 2. The van der Waals surface area contributed by atoms with E-state index in [1.807, 2.05) is 18.1 Å². The minimum Gasteiger partial charge on any atom is -0.321 e. The van der Waals surface area contributed by atoms with Crippen LogP contribution in [0.5, 0.6) is 0 Å². The van der Waals surface area contributed by atoms with Gasteiger partial charge in [0.1, 0.15) is 0 Å². The Morgan fingerprint density at radius 2 is 2.00 bits per heavy atom. The van der Waals surface area contributed by atoms with Crippen LogP contribution in [0.15, 0.2) is 18.5 Å². The molecule has 0 aliphatic heterocycles. The summed E-state index contributed by atoms with van der Waals surface area (Å²) < 4.78 is 2.19. The molecule has 0 radical (unpaired) electrons. The summed E-state index contributed by atoms with van der Waals surface area (Å²) in [5, 5.41) is 0. The summed E-state index contributed by atoms with van der Waals surface area (Å²) in [6.07, 6.45) is 4.02. The lowest BCUT2D eigenvalue weighted by Gasteiger charge is -2.03. The molecule has 0 fully saturated rings. The standard InChI is InChI=1S/C11H14N2S/c1-8-4-10-11(5-9(8)2)13(6-12-10)7-14-3/h4-6H,7H2,1-3H3. The first-order valence-corrected chi connectivity index (χ1v) is 6.03. The van der Waals surface area contributed by atoms with Crippen LogP contribution in [0.3, 0.4) is 0 Å². The Bertz CT molecular complexity index is 460. The minimum atomic E-state index is 0.971. The Balaban J connectivity index is 2.61. The van der Waals surface area contributed by atoms with Crippen LogP contribution in [-0.2, 0) is 5.88 Å². The van der Waals surface area contributed by atoms with E-state index in [1.54, 1.807) is 0 Å². The highest BCUT2D eigenvalue weighted by molar-refractivity contribution is 7.97. The van der Waals surface area contributed by atoms with E-state index < -0.39 is 0 Å². The molecule has 0 amide bonds. The van der Waals surface area contributed by atoms with E-state index in [-0.39, 0.29) is 0 Å². The first-order chi connectivity index (χ1) is 6.72. The van der Waals surface area contributed by atoms with E-state index in [4.69, 9.17) is 0 Å². The van der Waals surface area contributed by atoms with Gasteiger partial charge >= 0.3 is 0 Å². The van der Waals surface area contributed by atoms with Crippen molar-refractivity contribution in [3.05, 3.63) is 29.6 Å². The molecule has 74 valence electrons. The van der Waals surface area contributed by atoms with E-state index in [0.717, 1.165) is 11.4 Å². The predicted molar refractivity (Wildman–Crippen MR) is 62.7 cm³/mol. The van der Waals surface area contributed by atoms with Crippen molar-refractivity contribution in [2.75, 3.05) is 6.26 Å². The number of hydrogen-bond acceptors (Lipinski definition) is 2. The second kappa shape index (κ2) is 3.65. The van der Waals surface area contributed by atoms with Gasteiger partial charge in [0.25, 0.3) is 0 Å². The molecular weight excluding hydrogens is 192 g/mol. The monoisotopic (exact) mass is 206 g/mol. The quantitative estimate of drug-likeness (QED) is 0.751. The number of benzene rings is 1. The number of imidazole rings is 1. The Kier molecular flexibility index (Phi) is 2.50. The zero-order chi connectivity index (χ0) is 10.1. The van der Waals surface area contributed by atoms with Crippen molar-refractivity contribution in [1.29, 1.82) is 0 Å². The van der Waals surface area contributed by atoms with Gasteiger partial charge in [0, 0.05) is 0 Å². The molecule has 0 N–H and O–H groups in total. The normalized spacial score (nSPS) is 11.1. The predicted octanol–water partition coefficient (Wildman–Crippen LogP) is 2.97. The Morgan fingerprint density at radius 3 is 2.71 bits per heavy atom. The molecule has 14 heavy (non-hydrogen) atoms. The van der Waals surface area contributed by atoms with Crippen molar-refractivity contribution < 1.29 is 0 Å². The van der Waals surface area contributed by atoms with Gasteiger partial charge in [-0.25, -0.2) is 4.98 Å². The fourth-order valence-electron chi connectivity index (χ4n) is 1.56. The largest absolute Gasteiger partial charge is 0.321 e. The molecule has 0 aliphatic rings. The van der Waals surface area contributed by atoms with Gasteiger partial charge in [0.2, 0.25) is 0 Å². The average Bonchev–Trinajstić information content (AvgIpc) is 2.51. The zero-order valence-electron chi connectivity index (χ0n) is 8.74. The summed E-state index contributed by atoms with van der Waals surface area (Å²) in [5.74, 6) is 0.971. The Hall–Kier alpha value is -0.960. The third-order valence-electron chi connectivity index (χ3n) is 2.50. The topological polar surface area (TPSA) is 17.8 Å². The van der Waals surface area contributed by atoms with Gasteiger partial charge in [-0.3, -0.25) is 0 Å². The van der Waals surface area contributed by atoms with Gasteiger partial charge in [-0.05, 0) is 43.4 Å². The highest BCUT2D eigenvalue weighted by Gasteiger charge is 2.03.